The first-order chi connectivity index (χ1) is 13.8. The monoisotopic (exact) mass is 410 g/mol. The van der Waals surface area contributed by atoms with Gasteiger partial charge in [-0.1, -0.05) is 12.1 Å². The molecule has 7 heteroatoms. The molecule has 1 atom stereocenters. The molecule has 2 rings (SSSR count). The summed E-state index contributed by atoms with van der Waals surface area (Å²) in [5.74, 6) is 1.46. The van der Waals surface area contributed by atoms with Gasteiger partial charge in [0.2, 0.25) is 0 Å². The average Bonchev–Trinajstić information content (AvgIpc) is 2.70. The lowest BCUT2D eigenvalue weighted by atomic mass is 10.1. The quantitative estimate of drug-likeness (QED) is 0.599. The van der Waals surface area contributed by atoms with Crippen molar-refractivity contribution in [3.63, 3.8) is 0 Å². The van der Waals surface area contributed by atoms with Crippen molar-refractivity contribution >= 4 is 0 Å². The first kappa shape index (κ1) is 23.9. The van der Waals surface area contributed by atoms with Crippen molar-refractivity contribution in [2.45, 2.75) is 39.0 Å². The van der Waals surface area contributed by atoms with Crippen LogP contribution in [0, 0.1) is 0 Å². The van der Waals surface area contributed by atoms with Crippen molar-refractivity contribution in [2.75, 3.05) is 66.8 Å². The SMILES string of the molecule is COc1cccc(CN(CCN2CCOCC2)C[C@H](O)COC(C)(C)C)c1OC. The predicted molar refractivity (Wildman–Crippen MR) is 114 cm³/mol. The molecule has 1 N–H and O–H groups in total. The maximum absolute atomic E-state index is 10.6. The van der Waals surface area contributed by atoms with Crippen LogP contribution in [0.25, 0.3) is 0 Å². The summed E-state index contributed by atoms with van der Waals surface area (Å²) >= 11 is 0. The molecular weight excluding hydrogens is 372 g/mol. The third-order valence-electron chi connectivity index (χ3n) is 4.89. The molecule has 0 radical (unpaired) electrons. The molecule has 0 bridgehead atoms. The van der Waals surface area contributed by atoms with Crippen molar-refractivity contribution in [1.29, 1.82) is 0 Å². The zero-order valence-electron chi connectivity index (χ0n) is 18.6. The number of aliphatic hydroxyl groups excluding tert-OH is 1. The fourth-order valence-corrected chi connectivity index (χ4v) is 3.36. The second kappa shape index (κ2) is 11.7. The lowest BCUT2D eigenvalue weighted by molar-refractivity contribution is -0.0575. The van der Waals surface area contributed by atoms with Crippen LogP contribution in [-0.2, 0) is 16.0 Å². The van der Waals surface area contributed by atoms with Crippen LogP contribution < -0.4 is 9.47 Å². The molecular formula is C22H38N2O5. The van der Waals surface area contributed by atoms with Crippen LogP contribution in [0.15, 0.2) is 18.2 Å². The third-order valence-corrected chi connectivity index (χ3v) is 4.89. The lowest BCUT2D eigenvalue weighted by Gasteiger charge is -2.32. The highest BCUT2D eigenvalue weighted by Gasteiger charge is 2.20. The molecule has 166 valence electrons. The number of aliphatic hydroxyl groups is 1. The minimum Gasteiger partial charge on any atom is -0.493 e. The number of morpholine rings is 1. The van der Waals surface area contributed by atoms with Gasteiger partial charge in [0.1, 0.15) is 0 Å². The molecule has 0 aliphatic carbocycles. The van der Waals surface area contributed by atoms with E-state index in [4.69, 9.17) is 18.9 Å². The number of benzene rings is 1. The average molecular weight is 411 g/mol. The van der Waals surface area contributed by atoms with Crippen LogP contribution in [0.5, 0.6) is 11.5 Å². The minimum atomic E-state index is -0.560. The third kappa shape index (κ3) is 8.48. The van der Waals surface area contributed by atoms with E-state index in [1.165, 1.54) is 0 Å². The molecule has 1 aromatic rings. The smallest absolute Gasteiger partial charge is 0.165 e. The molecule has 0 spiro atoms. The van der Waals surface area contributed by atoms with Gasteiger partial charge in [-0.15, -0.1) is 0 Å². The topological polar surface area (TPSA) is 63.6 Å². The van der Waals surface area contributed by atoms with Crippen LogP contribution in [0.4, 0.5) is 0 Å². The van der Waals surface area contributed by atoms with E-state index in [1.54, 1.807) is 14.2 Å². The first-order valence-corrected chi connectivity index (χ1v) is 10.4. The van der Waals surface area contributed by atoms with Crippen molar-refractivity contribution in [1.82, 2.24) is 9.80 Å². The fourth-order valence-electron chi connectivity index (χ4n) is 3.36. The Kier molecular flexibility index (Phi) is 9.65. The molecule has 0 amide bonds. The maximum atomic E-state index is 10.6. The lowest BCUT2D eigenvalue weighted by Crippen LogP contribution is -2.43. The number of para-hydroxylation sites is 1. The van der Waals surface area contributed by atoms with Gasteiger partial charge < -0.3 is 24.1 Å². The van der Waals surface area contributed by atoms with E-state index >= 15 is 0 Å². The molecule has 0 unspecified atom stereocenters. The van der Waals surface area contributed by atoms with E-state index in [0.717, 1.165) is 56.5 Å². The van der Waals surface area contributed by atoms with Crippen LogP contribution >= 0.6 is 0 Å². The second-order valence-electron chi connectivity index (χ2n) is 8.42. The Morgan fingerprint density at radius 2 is 1.90 bits per heavy atom. The van der Waals surface area contributed by atoms with Gasteiger partial charge in [-0.25, -0.2) is 0 Å². The molecule has 1 aliphatic heterocycles. The van der Waals surface area contributed by atoms with E-state index in [2.05, 4.69) is 9.80 Å². The Morgan fingerprint density at radius 1 is 1.17 bits per heavy atom. The summed E-state index contributed by atoms with van der Waals surface area (Å²) in [4.78, 5) is 4.65. The summed E-state index contributed by atoms with van der Waals surface area (Å²) in [5.41, 5.74) is 0.771. The van der Waals surface area contributed by atoms with E-state index in [-0.39, 0.29) is 5.60 Å². The summed E-state index contributed by atoms with van der Waals surface area (Å²) in [6.07, 6.45) is -0.560. The Labute approximate surface area is 175 Å². The summed E-state index contributed by atoms with van der Waals surface area (Å²) in [6.45, 7) is 12.7. The van der Waals surface area contributed by atoms with Gasteiger partial charge >= 0.3 is 0 Å². The molecule has 1 heterocycles. The molecule has 1 saturated heterocycles. The molecule has 1 aliphatic rings. The van der Waals surface area contributed by atoms with Crippen molar-refractivity contribution in [3.8, 4) is 11.5 Å². The molecule has 1 aromatic carbocycles. The summed E-state index contributed by atoms with van der Waals surface area (Å²) < 4.78 is 22.2. The normalized spacial score (nSPS) is 16.8. The Morgan fingerprint density at radius 3 is 2.52 bits per heavy atom. The van der Waals surface area contributed by atoms with Crippen molar-refractivity contribution in [2.24, 2.45) is 0 Å². The molecule has 1 fully saturated rings. The molecule has 0 saturated carbocycles. The molecule has 29 heavy (non-hydrogen) atoms. The molecule has 7 nitrogen and oxygen atoms in total. The fraction of sp³-hybridized carbons (Fsp3) is 0.727. The highest BCUT2D eigenvalue weighted by atomic mass is 16.5. The van der Waals surface area contributed by atoms with Gasteiger partial charge in [0.15, 0.2) is 11.5 Å². The predicted octanol–water partition coefficient (Wildman–Crippen LogP) is 2.01. The second-order valence-corrected chi connectivity index (χ2v) is 8.42. The van der Waals surface area contributed by atoms with Gasteiger partial charge in [0.05, 0.1) is 45.7 Å². The summed E-state index contributed by atoms with van der Waals surface area (Å²) in [5, 5.41) is 10.6. The van der Waals surface area contributed by atoms with Crippen LogP contribution in [0.2, 0.25) is 0 Å². The van der Waals surface area contributed by atoms with Gasteiger partial charge in [-0.05, 0) is 26.8 Å². The van der Waals surface area contributed by atoms with Crippen molar-refractivity contribution in [3.05, 3.63) is 23.8 Å². The van der Waals surface area contributed by atoms with Gasteiger partial charge in [-0.2, -0.15) is 0 Å². The number of hydrogen-bond donors (Lipinski definition) is 1. The number of methoxy groups -OCH3 is 2. The number of hydrogen-bond acceptors (Lipinski definition) is 7. The van der Waals surface area contributed by atoms with E-state index in [0.29, 0.717) is 19.7 Å². The Bertz CT molecular complexity index is 599. The van der Waals surface area contributed by atoms with Crippen LogP contribution in [0.1, 0.15) is 26.3 Å². The largest absolute Gasteiger partial charge is 0.493 e. The summed E-state index contributed by atoms with van der Waals surface area (Å²) in [7, 11) is 3.30. The van der Waals surface area contributed by atoms with Crippen LogP contribution in [0.3, 0.4) is 0 Å². The van der Waals surface area contributed by atoms with Gasteiger partial charge in [0, 0.05) is 44.8 Å². The van der Waals surface area contributed by atoms with Crippen LogP contribution in [-0.4, -0.2) is 93.4 Å². The van der Waals surface area contributed by atoms with Crippen molar-refractivity contribution < 1.29 is 24.1 Å². The van der Waals surface area contributed by atoms with Gasteiger partial charge in [-0.3, -0.25) is 9.80 Å². The first-order valence-electron chi connectivity index (χ1n) is 10.4. The highest BCUT2D eigenvalue weighted by molar-refractivity contribution is 5.46. The van der Waals surface area contributed by atoms with E-state index < -0.39 is 6.10 Å². The number of nitrogens with zero attached hydrogens (tertiary/aromatic N) is 2. The summed E-state index contributed by atoms with van der Waals surface area (Å²) in [6, 6.07) is 5.91. The van der Waals surface area contributed by atoms with E-state index in [9.17, 15) is 5.11 Å². The number of rotatable bonds is 11. The zero-order valence-corrected chi connectivity index (χ0v) is 18.6. The Balaban J connectivity index is 2.04. The molecule has 0 aromatic heterocycles. The Hall–Kier alpha value is -1.38. The highest BCUT2D eigenvalue weighted by Crippen LogP contribution is 2.31. The number of ether oxygens (including phenoxy) is 4. The minimum absolute atomic E-state index is 0.268. The van der Waals surface area contributed by atoms with Gasteiger partial charge in [0.25, 0.3) is 0 Å². The standard InChI is InChI=1S/C22H38N2O5/c1-22(2,3)29-17-19(25)16-24(10-9-23-11-13-28-14-12-23)15-18-7-6-8-20(26-4)21(18)27-5/h6-8,19,25H,9-17H2,1-5H3/t19-/m0/s1. The zero-order chi connectivity index (χ0) is 21.3. The van der Waals surface area contributed by atoms with E-state index in [1.807, 2.05) is 39.0 Å². The maximum Gasteiger partial charge on any atom is 0.165 e.